The number of benzene rings is 1. The minimum Gasteiger partial charge on any atom is -0.392 e. The Kier molecular flexibility index (Phi) is 4.58. The molecule has 1 amide bonds. The number of nitrogens with one attached hydrogen (secondary N) is 2. The Bertz CT molecular complexity index is 546. The topological polar surface area (TPSA) is 65.1 Å². The van der Waals surface area contributed by atoms with E-state index in [0.717, 1.165) is 18.4 Å². The third kappa shape index (κ3) is 3.83. The van der Waals surface area contributed by atoms with E-state index in [0.29, 0.717) is 13.0 Å². The molecule has 0 aliphatic heterocycles. The monoisotopic (exact) mass is 260 g/mol. The molecule has 0 fully saturated rings. The molecule has 3 N–H and O–H groups in total. The molecule has 2 aromatic rings. The number of amides is 1. The molecule has 4 heteroatoms. The molecule has 1 heterocycles. The van der Waals surface area contributed by atoms with Crippen molar-refractivity contribution in [3.05, 3.63) is 36.0 Å². The largest absolute Gasteiger partial charge is 0.392 e. The van der Waals surface area contributed by atoms with E-state index in [1.165, 1.54) is 10.9 Å². The van der Waals surface area contributed by atoms with Crippen LogP contribution in [0.2, 0.25) is 0 Å². The zero-order chi connectivity index (χ0) is 13.7. The highest BCUT2D eigenvalue weighted by Crippen LogP contribution is 2.19. The number of aromatic amines is 1. The van der Waals surface area contributed by atoms with Crippen LogP contribution in [0.15, 0.2) is 30.5 Å². The van der Waals surface area contributed by atoms with Crippen molar-refractivity contribution in [2.75, 3.05) is 6.54 Å². The first-order valence-electron chi connectivity index (χ1n) is 6.66. The van der Waals surface area contributed by atoms with Crippen molar-refractivity contribution in [1.82, 2.24) is 10.3 Å². The van der Waals surface area contributed by atoms with Gasteiger partial charge in [-0.15, -0.1) is 0 Å². The Hall–Kier alpha value is -1.81. The molecular weight excluding hydrogens is 240 g/mol. The standard InChI is InChI=1S/C15H20N2O2/c1-11(18)9-17-15(19)8-4-5-12-10-16-14-7-3-2-6-13(12)14/h2-3,6-7,10-11,16,18H,4-5,8-9H2,1H3,(H,17,19)/t11-/m1/s1. The van der Waals surface area contributed by atoms with E-state index in [9.17, 15) is 4.79 Å². The number of rotatable bonds is 6. The molecule has 19 heavy (non-hydrogen) atoms. The van der Waals surface area contributed by atoms with E-state index in [2.05, 4.69) is 16.4 Å². The van der Waals surface area contributed by atoms with E-state index in [-0.39, 0.29) is 5.91 Å². The summed E-state index contributed by atoms with van der Waals surface area (Å²) in [6.07, 6.45) is 3.71. The fourth-order valence-electron chi connectivity index (χ4n) is 2.13. The summed E-state index contributed by atoms with van der Waals surface area (Å²) in [5, 5.41) is 13.0. The van der Waals surface area contributed by atoms with Gasteiger partial charge >= 0.3 is 0 Å². The lowest BCUT2D eigenvalue weighted by atomic mass is 10.1. The maximum atomic E-state index is 11.5. The number of fused-ring (bicyclic) bond motifs is 1. The summed E-state index contributed by atoms with van der Waals surface area (Å²) >= 11 is 0. The van der Waals surface area contributed by atoms with Crippen molar-refractivity contribution >= 4 is 16.8 Å². The van der Waals surface area contributed by atoms with Gasteiger partial charge in [0.1, 0.15) is 0 Å². The number of hydrogen-bond donors (Lipinski definition) is 3. The van der Waals surface area contributed by atoms with Crippen molar-refractivity contribution in [2.24, 2.45) is 0 Å². The maximum Gasteiger partial charge on any atom is 0.220 e. The van der Waals surface area contributed by atoms with E-state index >= 15 is 0 Å². The summed E-state index contributed by atoms with van der Waals surface area (Å²) in [5.74, 6) is 0.000686. The SMILES string of the molecule is C[C@@H](O)CNC(=O)CCCc1c[nH]c2ccccc12. The first-order valence-corrected chi connectivity index (χ1v) is 6.66. The average Bonchev–Trinajstić information content (AvgIpc) is 2.80. The molecule has 0 saturated heterocycles. The van der Waals surface area contributed by atoms with Crippen molar-refractivity contribution in [2.45, 2.75) is 32.3 Å². The van der Waals surface area contributed by atoms with Crippen molar-refractivity contribution in [3.63, 3.8) is 0 Å². The van der Waals surface area contributed by atoms with Crippen LogP contribution in [-0.2, 0) is 11.2 Å². The fraction of sp³-hybridized carbons (Fsp3) is 0.400. The van der Waals surface area contributed by atoms with Crippen LogP contribution in [-0.4, -0.2) is 28.6 Å². The molecule has 1 aromatic heterocycles. The molecule has 1 atom stereocenters. The molecule has 4 nitrogen and oxygen atoms in total. The normalized spacial score (nSPS) is 12.5. The van der Waals surface area contributed by atoms with Gasteiger partial charge in [-0.25, -0.2) is 0 Å². The molecule has 0 unspecified atom stereocenters. The van der Waals surface area contributed by atoms with E-state index in [4.69, 9.17) is 5.11 Å². The molecule has 0 aliphatic carbocycles. The first kappa shape index (κ1) is 13.6. The van der Waals surface area contributed by atoms with Crippen LogP contribution < -0.4 is 5.32 Å². The molecule has 0 aliphatic rings. The first-order chi connectivity index (χ1) is 9.16. The van der Waals surface area contributed by atoms with Gasteiger partial charge in [0.05, 0.1) is 6.10 Å². The van der Waals surface area contributed by atoms with Gasteiger partial charge in [-0.1, -0.05) is 18.2 Å². The van der Waals surface area contributed by atoms with Crippen LogP contribution in [0.1, 0.15) is 25.3 Å². The van der Waals surface area contributed by atoms with E-state index in [1.807, 2.05) is 24.4 Å². The molecule has 0 spiro atoms. The van der Waals surface area contributed by atoms with E-state index in [1.54, 1.807) is 6.92 Å². The molecule has 0 bridgehead atoms. The van der Waals surface area contributed by atoms with Crippen molar-refractivity contribution in [1.29, 1.82) is 0 Å². The number of aliphatic hydroxyl groups is 1. The molecule has 102 valence electrons. The van der Waals surface area contributed by atoms with Crippen molar-refractivity contribution in [3.8, 4) is 0 Å². The van der Waals surface area contributed by atoms with Gasteiger partial charge in [-0.05, 0) is 31.4 Å². The Labute approximate surface area is 112 Å². The molecule has 2 rings (SSSR count). The smallest absolute Gasteiger partial charge is 0.220 e. The summed E-state index contributed by atoms with van der Waals surface area (Å²) < 4.78 is 0. The second-order valence-electron chi connectivity index (χ2n) is 4.87. The maximum absolute atomic E-state index is 11.5. The van der Waals surface area contributed by atoms with Gasteiger partial charge < -0.3 is 15.4 Å². The molecular formula is C15H20N2O2. The van der Waals surface area contributed by atoms with Gasteiger partial charge in [-0.3, -0.25) is 4.79 Å². The Morgan fingerprint density at radius 2 is 2.21 bits per heavy atom. The number of hydrogen-bond acceptors (Lipinski definition) is 2. The van der Waals surface area contributed by atoms with Crippen molar-refractivity contribution < 1.29 is 9.90 Å². The third-order valence-corrected chi connectivity index (χ3v) is 3.12. The summed E-state index contributed by atoms with van der Waals surface area (Å²) in [7, 11) is 0. The average molecular weight is 260 g/mol. The number of para-hydroxylation sites is 1. The van der Waals surface area contributed by atoms with Crippen LogP contribution in [0.25, 0.3) is 10.9 Å². The highest BCUT2D eigenvalue weighted by Gasteiger charge is 2.06. The Morgan fingerprint density at radius 1 is 1.42 bits per heavy atom. The van der Waals surface area contributed by atoms with Gasteiger partial charge in [0.2, 0.25) is 5.91 Å². The van der Waals surface area contributed by atoms with Gasteiger partial charge in [-0.2, -0.15) is 0 Å². The zero-order valence-corrected chi connectivity index (χ0v) is 11.1. The molecule has 1 aromatic carbocycles. The van der Waals surface area contributed by atoms with Gasteiger partial charge in [0.15, 0.2) is 0 Å². The molecule has 0 radical (unpaired) electrons. The Balaban J connectivity index is 1.81. The van der Waals surface area contributed by atoms with Gasteiger partial charge in [0.25, 0.3) is 0 Å². The third-order valence-electron chi connectivity index (χ3n) is 3.12. The predicted octanol–water partition coefficient (Wildman–Crippen LogP) is 1.99. The summed E-state index contributed by atoms with van der Waals surface area (Å²) in [6, 6.07) is 8.17. The quantitative estimate of drug-likeness (QED) is 0.743. The zero-order valence-electron chi connectivity index (χ0n) is 11.1. The lowest BCUT2D eigenvalue weighted by Gasteiger charge is -2.06. The highest BCUT2D eigenvalue weighted by atomic mass is 16.3. The van der Waals surface area contributed by atoms with Crippen LogP contribution in [0, 0.1) is 0 Å². The summed E-state index contributed by atoms with van der Waals surface area (Å²) in [6.45, 7) is 1.98. The van der Waals surface area contributed by atoms with Crippen LogP contribution in [0.4, 0.5) is 0 Å². The Morgan fingerprint density at radius 3 is 3.00 bits per heavy atom. The lowest BCUT2D eigenvalue weighted by molar-refractivity contribution is -0.121. The number of carbonyl (C=O) groups is 1. The minimum absolute atomic E-state index is 0.000686. The van der Waals surface area contributed by atoms with Gasteiger partial charge in [0, 0.05) is 30.1 Å². The number of aryl methyl sites for hydroxylation is 1. The second kappa shape index (κ2) is 6.38. The highest BCUT2D eigenvalue weighted by molar-refractivity contribution is 5.83. The number of carbonyl (C=O) groups excluding carboxylic acids is 1. The lowest BCUT2D eigenvalue weighted by Crippen LogP contribution is -2.30. The second-order valence-corrected chi connectivity index (χ2v) is 4.87. The number of aliphatic hydroxyl groups excluding tert-OH is 1. The summed E-state index contributed by atoms with van der Waals surface area (Å²) in [4.78, 5) is 14.7. The summed E-state index contributed by atoms with van der Waals surface area (Å²) in [5.41, 5.74) is 2.38. The number of H-pyrrole nitrogens is 1. The van der Waals surface area contributed by atoms with Crippen LogP contribution >= 0.6 is 0 Å². The van der Waals surface area contributed by atoms with E-state index < -0.39 is 6.10 Å². The number of aromatic nitrogens is 1. The van der Waals surface area contributed by atoms with Crippen LogP contribution in [0.3, 0.4) is 0 Å². The fourth-order valence-corrected chi connectivity index (χ4v) is 2.13. The van der Waals surface area contributed by atoms with Crippen LogP contribution in [0.5, 0.6) is 0 Å². The predicted molar refractivity (Wildman–Crippen MR) is 75.9 cm³/mol. The molecule has 0 saturated carbocycles. The minimum atomic E-state index is -0.488.